The molecule has 0 aliphatic carbocycles. The highest BCUT2D eigenvalue weighted by atomic mass is 16.5. The molecule has 0 fully saturated rings. The molecule has 9 heteroatoms. The number of carbonyl (C=O) groups is 1. The Morgan fingerprint density at radius 1 is 1.27 bits per heavy atom. The van der Waals surface area contributed by atoms with Crippen molar-refractivity contribution < 1.29 is 14.3 Å². The molecule has 1 unspecified atom stereocenters. The van der Waals surface area contributed by atoms with Crippen LogP contribution in [0, 0.1) is 11.3 Å². The zero-order valence-corrected chi connectivity index (χ0v) is 16.9. The first kappa shape index (κ1) is 19.6. The number of hydrogen-bond acceptors (Lipinski definition) is 7. The van der Waals surface area contributed by atoms with Gasteiger partial charge < -0.3 is 14.4 Å². The van der Waals surface area contributed by atoms with E-state index in [0.717, 1.165) is 11.1 Å². The smallest absolute Gasteiger partial charge is 0.347 e. The lowest BCUT2D eigenvalue weighted by atomic mass is 9.90. The van der Waals surface area contributed by atoms with Crippen LogP contribution >= 0.6 is 0 Å². The maximum atomic E-state index is 13.3. The molecule has 0 spiro atoms. The summed E-state index contributed by atoms with van der Waals surface area (Å²) in [6, 6.07) is 8.80. The number of hydrogen-bond donors (Lipinski definition) is 0. The van der Waals surface area contributed by atoms with Crippen LogP contribution in [0.4, 0.5) is 4.79 Å². The van der Waals surface area contributed by atoms with E-state index in [-0.39, 0.29) is 12.5 Å². The Morgan fingerprint density at radius 3 is 2.77 bits per heavy atom. The molecule has 1 aliphatic rings. The van der Waals surface area contributed by atoms with Gasteiger partial charge in [-0.15, -0.1) is 5.10 Å². The van der Waals surface area contributed by atoms with Crippen molar-refractivity contribution in [2.45, 2.75) is 32.7 Å². The second kappa shape index (κ2) is 8.37. The van der Waals surface area contributed by atoms with Crippen LogP contribution in [0.25, 0.3) is 11.2 Å². The van der Waals surface area contributed by atoms with Gasteiger partial charge in [0.05, 0.1) is 31.7 Å². The predicted octanol–water partition coefficient (Wildman–Crippen LogP) is 3.10. The van der Waals surface area contributed by atoms with Crippen molar-refractivity contribution in [3.8, 4) is 17.6 Å². The van der Waals surface area contributed by atoms with Crippen molar-refractivity contribution in [1.82, 2.24) is 24.9 Å². The van der Waals surface area contributed by atoms with Crippen LogP contribution in [0.15, 0.2) is 30.5 Å². The molecule has 0 saturated carbocycles. The van der Waals surface area contributed by atoms with Crippen LogP contribution in [0.2, 0.25) is 0 Å². The van der Waals surface area contributed by atoms with Crippen molar-refractivity contribution in [3.63, 3.8) is 0 Å². The first-order valence-electron chi connectivity index (χ1n) is 9.94. The van der Waals surface area contributed by atoms with Gasteiger partial charge in [-0.2, -0.15) is 9.94 Å². The number of nitrogens with zero attached hydrogens (tertiary/aromatic N) is 6. The highest BCUT2D eigenvalue weighted by molar-refractivity contribution is 5.86. The molecule has 3 aromatic rings. The van der Waals surface area contributed by atoms with Crippen LogP contribution in [0.5, 0.6) is 11.5 Å². The van der Waals surface area contributed by atoms with E-state index in [1.807, 2.05) is 26.0 Å². The van der Waals surface area contributed by atoms with E-state index >= 15 is 0 Å². The maximum Gasteiger partial charge on any atom is 0.347 e. The fourth-order valence-electron chi connectivity index (χ4n) is 3.81. The molecule has 0 bridgehead atoms. The van der Waals surface area contributed by atoms with E-state index in [2.05, 4.69) is 21.4 Å². The van der Waals surface area contributed by atoms with E-state index in [1.165, 1.54) is 4.68 Å². The van der Waals surface area contributed by atoms with Crippen molar-refractivity contribution in [2.24, 2.45) is 0 Å². The van der Waals surface area contributed by atoms with Crippen LogP contribution in [-0.2, 0) is 6.42 Å². The molecule has 154 valence electrons. The molecule has 1 amide bonds. The van der Waals surface area contributed by atoms with E-state index < -0.39 is 6.04 Å². The van der Waals surface area contributed by atoms with Crippen LogP contribution in [0.1, 0.15) is 37.4 Å². The summed E-state index contributed by atoms with van der Waals surface area (Å²) >= 11 is 0. The molecule has 1 atom stereocenters. The van der Waals surface area contributed by atoms with Crippen molar-refractivity contribution >= 4 is 17.2 Å². The Kier molecular flexibility index (Phi) is 5.48. The third-order valence-electron chi connectivity index (χ3n) is 5.10. The number of benzene rings is 1. The third kappa shape index (κ3) is 3.41. The van der Waals surface area contributed by atoms with Gasteiger partial charge in [0.15, 0.2) is 11.5 Å². The lowest BCUT2D eigenvalue weighted by Crippen LogP contribution is -2.42. The lowest BCUT2D eigenvalue weighted by Gasteiger charge is -2.36. The van der Waals surface area contributed by atoms with Gasteiger partial charge in [-0.25, -0.2) is 9.78 Å². The number of ether oxygens (including phenoxy) is 2. The normalized spacial score (nSPS) is 15.5. The average Bonchev–Trinajstić information content (AvgIpc) is 3.19. The van der Waals surface area contributed by atoms with Gasteiger partial charge in [0.1, 0.15) is 5.52 Å². The minimum Gasteiger partial charge on any atom is -0.490 e. The van der Waals surface area contributed by atoms with Crippen LogP contribution in [0.3, 0.4) is 0 Å². The number of carbonyl (C=O) groups excluding carboxylic acids is 1. The average molecular weight is 406 g/mol. The van der Waals surface area contributed by atoms with Gasteiger partial charge in [0, 0.05) is 12.7 Å². The highest BCUT2D eigenvalue weighted by Gasteiger charge is 2.34. The number of pyridine rings is 1. The molecule has 1 aromatic carbocycles. The fraction of sp³-hybridized carbons (Fsp3) is 0.381. The van der Waals surface area contributed by atoms with Crippen molar-refractivity contribution in [1.29, 1.82) is 5.26 Å². The summed E-state index contributed by atoms with van der Waals surface area (Å²) < 4.78 is 12.7. The molecule has 30 heavy (non-hydrogen) atoms. The Balaban J connectivity index is 1.74. The summed E-state index contributed by atoms with van der Waals surface area (Å²) in [6.45, 7) is 5.30. The van der Waals surface area contributed by atoms with E-state index in [0.29, 0.717) is 48.8 Å². The topological polar surface area (TPSA) is 106 Å². The maximum absolute atomic E-state index is 13.3. The zero-order valence-electron chi connectivity index (χ0n) is 16.9. The molecule has 3 heterocycles. The fourth-order valence-corrected chi connectivity index (χ4v) is 3.81. The molecule has 2 aromatic heterocycles. The standard InChI is InChI=1S/C21H22N6O3/c1-3-29-18-12-14-8-11-26(16(7-9-22)15(14)13-19(18)30-4-2)21(28)27-17-6-5-10-23-20(17)24-25-27/h5-6,10,12-13,16H,3-4,7-8,11H2,1-2H3. The number of amides is 1. The summed E-state index contributed by atoms with van der Waals surface area (Å²) in [6.07, 6.45) is 2.40. The summed E-state index contributed by atoms with van der Waals surface area (Å²) in [5.41, 5.74) is 2.88. The second-order valence-electron chi connectivity index (χ2n) is 6.82. The Hall–Kier alpha value is -3.67. The first-order valence-corrected chi connectivity index (χ1v) is 9.94. The lowest BCUT2D eigenvalue weighted by molar-refractivity contribution is 0.169. The van der Waals surface area contributed by atoms with Crippen molar-refractivity contribution in [3.05, 3.63) is 41.6 Å². The minimum absolute atomic E-state index is 0.156. The molecule has 1 aliphatic heterocycles. The van der Waals surface area contributed by atoms with E-state index in [9.17, 15) is 10.1 Å². The quantitative estimate of drug-likeness (QED) is 0.641. The molecule has 4 rings (SSSR count). The second-order valence-corrected chi connectivity index (χ2v) is 6.82. The van der Waals surface area contributed by atoms with Gasteiger partial charge in [-0.05, 0) is 55.7 Å². The summed E-state index contributed by atoms with van der Waals surface area (Å²) in [5.74, 6) is 1.30. The largest absolute Gasteiger partial charge is 0.490 e. The monoisotopic (exact) mass is 406 g/mol. The van der Waals surface area contributed by atoms with Crippen LogP contribution in [-0.4, -0.2) is 50.7 Å². The number of nitriles is 1. The molecule has 0 saturated heterocycles. The van der Waals surface area contributed by atoms with E-state index in [1.54, 1.807) is 23.2 Å². The molecular weight excluding hydrogens is 384 g/mol. The number of fused-ring (bicyclic) bond motifs is 2. The van der Waals surface area contributed by atoms with Gasteiger partial charge in [0.2, 0.25) is 5.65 Å². The molecular formula is C21H22N6O3. The highest BCUT2D eigenvalue weighted by Crippen LogP contribution is 2.40. The first-order chi connectivity index (χ1) is 14.7. The van der Waals surface area contributed by atoms with E-state index in [4.69, 9.17) is 9.47 Å². The molecule has 0 radical (unpaired) electrons. The molecule has 9 nitrogen and oxygen atoms in total. The van der Waals surface area contributed by atoms with Crippen LogP contribution < -0.4 is 9.47 Å². The van der Waals surface area contributed by atoms with Gasteiger partial charge in [-0.1, -0.05) is 5.21 Å². The van der Waals surface area contributed by atoms with Gasteiger partial charge in [0.25, 0.3) is 0 Å². The van der Waals surface area contributed by atoms with Gasteiger partial charge in [-0.3, -0.25) is 0 Å². The van der Waals surface area contributed by atoms with Crippen molar-refractivity contribution in [2.75, 3.05) is 19.8 Å². The summed E-state index contributed by atoms with van der Waals surface area (Å²) in [7, 11) is 0. The van der Waals surface area contributed by atoms with Gasteiger partial charge >= 0.3 is 6.03 Å². The predicted molar refractivity (Wildman–Crippen MR) is 108 cm³/mol. The SMILES string of the molecule is CCOc1cc2c(cc1OCC)C(CC#N)N(C(=O)n1nnc3ncccc31)CC2. The third-order valence-corrected chi connectivity index (χ3v) is 5.10. The Bertz CT molecular complexity index is 1120. The summed E-state index contributed by atoms with van der Waals surface area (Å²) in [5, 5.41) is 17.4. The minimum atomic E-state index is -0.419. The summed E-state index contributed by atoms with van der Waals surface area (Å²) in [4.78, 5) is 19.1. The number of aromatic nitrogens is 4. The molecule has 0 N–H and O–H groups in total. The Morgan fingerprint density at radius 2 is 2.03 bits per heavy atom. The zero-order chi connectivity index (χ0) is 21.1. The Labute approximate surface area is 173 Å². The number of rotatable bonds is 5.